The molecule has 0 amide bonds. The summed E-state index contributed by atoms with van der Waals surface area (Å²) in [5, 5.41) is 8.15. The van der Waals surface area contributed by atoms with Gasteiger partial charge in [0.05, 0.1) is 7.11 Å². The monoisotopic (exact) mass is 309 g/mol. The van der Waals surface area contributed by atoms with Crippen LogP contribution in [-0.2, 0) is 23.0 Å². The van der Waals surface area contributed by atoms with E-state index in [2.05, 4.69) is 10.2 Å². The molecule has 1 heterocycles. The predicted molar refractivity (Wildman–Crippen MR) is 77.4 cm³/mol. The summed E-state index contributed by atoms with van der Waals surface area (Å²) < 4.78 is 19.7. The SMILES string of the molecule is CCc1nnc(SC(C(=O)OC)c2ccc(F)cc2)n1C. The van der Waals surface area contributed by atoms with E-state index in [1.165, 1.54) is 31.0 Å². The highest BCUT2D eigenvalue weighted by Gasteiger charge is 2.25. The van der Waals surface area contributed by atoms with Crippen molar-refractivity contribution in [3.63, 3.8) is 0 Å². The molecule has 5 nitrogen and oxygen atoms in total. The molecule has 2 aromatic rings. The van der Waals surface area contributed by atoms with E-state index in [4.69, 9.17) is 4.74 Å². The second-order valence-electron chi connectivity index (χ2n) is 4.38. The third-order valence-corrected chi connectivity index (χ3v) is 4.32. The molecule has 0 aliphatic heterocycles. The van der Waals surface area contributed by atoms with Gasteiger partial charge in [0.15, 0.2) is 5.16 Å². The Morgan fingerprint density at radius 3 is 2.57 bits per heavy atom. The minimum absolute atomic E-state index is 0.348. The number of halogens is 1. The van der Waals surface area contributed by atoms with Crippen molar-refractivity contribution in [1.29, 1.82) is 0 Å². The van der Waals surface area contributed by atoms with Gasteiger partial charge in [-0.05, 0) is 17.7 Å². The minimum atomic E-state index is -0.608. The van der Waals surface area contributed by atoms with E-state index >= 15 is 0 Å². The summed E-state index contributed by atoms with van der Waals surface area (Å²) in [6.45, 7) is 1.98. The summed E-state index contributed by atoms with van der Waals surface area (Å²) >= 11 is 1.24. The number of methoxy groups -OCH3 is 1. The number of carbonyl (C=O) groups excluding carboxylic acids is 1. The van der Waals surface area contributed by atoms with E-state index in [9.17, 15) is 9.18 Å². The summed E-state index contributed by atoms with van der Waals surface area (Å²) in [6.07, 6.45) is 0.753. The third kappa shape index (κ3) is 3.41. The first-order chi connectivity index (χ1) is 10.1. The molecule has 0 N–H and O–H groups in total. The molecule has 112 valence electrons. The second kappa shape index (κ2) is 6.71. The van der Waals surface area contributed by atoms with E-state index in [1.54, 1.807) is 12.1 Å². The molecule has 0 saturated heterocycles. The molecule has 7 heteroatoms. The van der Waals surface area contributed by atoms with Gasteiger partial charge in [0.1, 0.15) is 16.9 Å². The van der Waals surface area contributed by atoms with Crippen LogP contribution in [0.15, 0.2) is 29.4 Å². The fraction of sp³-hybridized carbons (Fsp3) is 0.357. The number of aromatic nitrogens is 3. The van der Waals surface area contributed by atoms with Gasteiger partial charge in [0.2, 0.25) is 0 Å². The first-order valence-electron chi connectivity index (χ1n) is 6.45. The zero-order valence-electron chi connectivity index (χ0n) is 12.0. The van der Waals surface area contributed by atoms with Crippen molar-refractivity contribution in [3.05, 3.63) is 41.5 Å². The summed E-state index contributed by atoms with van der Waals surface area (Å²) in [4.78, 5) is 12.0. The van der Waals surface area contributed by atoms with Crippen molar-refractivity contribution in [2.45, 2.75) is 23.8 Å². The number of thioether (sulfide) groups is 1. The number of hydrogen-bond donors (Lipinski definition) is 0. The van der Waals surface area contributed by atoms with Crippen molar-refractivity contribution in [1.82, 2.24) is 14.8 Å². The van der Waals surface area contributed by atoms with Crippen LogP contribution in [0.4, 0.5) is 4.39 Å². The van der Waals surface area contributed by atoms with Crippen LogP contribution in [0, 0.1) is 5.82 Å². The molecule has 0 aliphatic rings. The highest BCUT2D eigenvalue weighted by atomic mass is 32.2. The van der Waals surface area contributed by atoms with E-state index in [0.717, 1.165) is 12.2 Å². The lowest BCUT2D eigenvalue weighted by Gasteiger charge is -2.14. The number of hydrogen-bond acceptors (Lipinski definition) is 5. The van der Waals surface area contributed by atoms with Crippen LogP contribution in [0.2, 0.25) is 0 Å². The molecular weight excluding hydrogens is 293 g/mol. The van der Waals surface area contributed by atoms with E-state index in [1.807, 2.05) is 18.5 Å². The van der Waals surface area contributed by atoms with Gasteiger partial charge in [-0.15, -0.1) is 10.2 Å². The van der Waals surface area contributed by atoms with Gasteiger partial charge in [0.25, 0.3) is 0 Å². The molecule has 21 heavy (non-hydrogen) atoms. The van der Waals surface area contributed by atoms with Gasteiger partial charge in [-0.1, -0.05) is 30.8 Å². The largest absolute Gasteiger partial charge is 0.468 e. The van der Waals surface area contributed by atoms with Gasteiger partial charge in [0, 0.05) is 13.5 Å². The second-order valence-corrected chi connectivity index (χ2v) is 5.46. The Bertz CT molecular complexity index is 628. The average molecular weight is 309 g/mol. The summed E-state index contributed by atoms with van der Waals surface area (Å²) in [5.74, 6) is 0.0761. The highest BCUT2D eigenvalue weighted by Crippen LogP contribution is 2.35. The Morgan fingerprint density at radius 1 is 1.38 bits per heavy atom. The molecule has 2 rings (SSSR count). The van der Waals surface area contributed by atoms with Crippen molar-refractivity contribution in [2.24, 2.45) is 7.05 Å². The van der Waals surface area contributed by atoms with E-state index < -0.39 is 11.2 Å². The lowest BCUT2D eigenvalue weighted by molar-refractivity contribution is -0.140. The zero-order chi connectivity index (χ0) is 15.4. The molecule has 1 aromatic heterocycles. The standard InChI is InChI=1S/C14H16FN3O2S/c1-4-11-16-17-14(18(11)2)21-12(13(19)20-3)9-5-7-10(15)8-6-9/h5-8,12H,4H2,1-3H3. The van der Waals surface area contributed by atoms with Gasteiger partial charge in [-0.2, -0.15) is 0 Å². The Morgan fingerprint density at radius 2 is 2.05 bits per heavy atom. The van der Waals surface area contributed by atoms with Crippen LogP contribution in [0.5, 0.6) is 0 Å². The van der Waals surface area contributed by atoms with Crippen molar-refractivity contribution < 1.29 is 13.9 Å². The maximum absolute atomic E-state index is 13.0. The molecule has 0 aliphatic carbocycles. The molecule has 0 fully saturated rings. The highest BCUT2D eigenvalue weighted by molar-refractivity contribution is 8.00. The van der Waals surface area contributed by atoms with Crippen LogP contribution in [-0.4, -0.2) is 27.8 Å². The summed E-state index contributed by atoms with van der Waals surface area (Å²) in [6, 6.07) is 5.78. The Labute approximate surface area is 126 Å². The zero-order valence-corrected chi connectivity index (χ0v) is 12.9. The molecule has 0 spiro atoms. The number of aryl methyl sites for hydroxylation is 1. The molecule has 1 atom stereocenters. The first-order valence-corrected chi connectivity index (χ1v) is 7.33. The minimum Gasteiger partial charge on any atom is -0.468 e. The molecular formula is C14H16FN3O2S. The first kappa shape index (κ1) is 15.5. The summed E-state index contributed by atoms with van der Waals surface area (Å²) in [7, 11) is 3.17. The van der Waals surface area contributed by atoms with Gasteiger partial charge in [-0.25, -0.2) is 4.39 Å². The van der Waals surface area contributed by atoms with Crippen molar-refractivity contribution >= 4 is 17.7 Å². The molecule has 0 bridgehead atoms. The lowest BCUT2D eigenvalue weighted by atomic mass is 10.1. The van der Waals surface area contributed by atoms with E-state index in [0.29, 0.717) is 10.7 Å². The number of nitrogens with zero attached hydrogens (tertiary/aromatic N) is 3. The van der Waals surface area contributed by atoms with Crippen molar-refractivity contribution in [3.8, 4) is 0 Å². The molecule has 1 aromatic carbocycles. The number of esters is 1. The van der Waals surface area contributed by atoms with Crippen LogP contribution >= 0.6 is 11.8 Å². The number of benzene rings is 1. The number of ether oxygens (including phenoxy) is 1. The number of carbonyl (C=O) groups is 1. The van der Waals surface area contributed by atoms with Gasteiger partial charge < -0.3 is 9.30 Å². The van der Waals surface area contributed by atoms with Crippen molar-refractivity contribution in [2.75, 3.05) is 7.11 Å². The molecule has 1 unspecified atom stereocenters. The van der Waals surface area contributed by atoms with Crippen LogP contribution in [0.1, 0.15) is 23.6 Å². The summed E-state index contributed by atoms with van der Waals surface area (Å²) in [5.41, 5.74) is 0.661. The normalized spacial score (nSPS) is 12.2. The molecule has 0 radical (unpaired) electrons. The van der Waals surface area contributed by atoms with E-state index in [-0.39, 0.29) is 5.82 Å². The van der Waals surface area contributed by atoms with Gasteiger partial charge >= 0.3 is 5.97 Å². The Hall–Kier alpha value is -1.89. The quantitative estimate of drug-likeness (QED) is 0.627. The average Bonchev–Trinajstić information content (AvgIpc) is 2.85. The third-order valence-electron chi connectivity index (χ3n) is 3.05. The maximum Gasteiger partial charge on any atom is 0.323 e. The smallest absolute Gasteiger partial charge is 0.323 e. The fourth-order valence-corrected chi connectivity index (χ4v) is 2.91. The topological polar surface area (TPSA) is 57.0 Å². The van der Waals surface area contributed by atoms with Crippen LogP contribution < -0.4 is 0 Å². The van der Waals surface area contributed by atoms with Gasteiger partial charge in [-0.3, -0.25) is 4.79 Å². The molecule has 0 saturated carbocycles. The van der Waals surface area contributed by atoms with Crippen LogP contribution in [0.3, 0.4) is 0 Å². The Kier molecular flexibility index (Phi) is 4.95. The maximum atomic E-state index is 13.0. The predicted octanol–water partition coefficient (Wildman–Crippen LogP) is 2.52. The number of rotatable bonds is 5. The lowest BCUT2D eigenvalue weighted by Crippen LogP contribution is -2.12. The Balaban J connectivity index is 2.30. The fourth-order valence-electron chi connectivity index (χ4n) is 1.86. The van der Waals surface area contributed by atoms with Crippen LogP contribution in [0.25, 0.3) is 0 Å².